The van der Waals surface area contributed by atoms with Crippen LogP contribution in [0.5, 0.6) is 11.5 Å². The summed E-state index contributed by atoms with van der Waals surface area (Å²) in [7, 11) is 0. The Bertz CT molecular complexity index is 1010. The molecule has 0 atom stereocenters. The first-order valence-electron chi connectivity index (χ1n) is 13.5. The van der Waals surface area contributed by atoms with Crippen molar-refractivity contribution in [3.63, 3.8) is 0 Å². The van der Waals surface area contributed by atoms with Crippen molar-refractivity contribution >= 4 is 23.8 Å². The maximum atomic E-state index is 12.2. The Labute approximate surface area is 234 Å². The van der Waals surface area contributed by atoms with E-state index >= 15 is 0 Å². The third kappa shape index (κ3) is 14.0. The Morgan fingerprint density at radius 2 is 0.950 bits per heavy atom. The van der Waals surface area contributed by atoms with Gasteiger partial charge in [0.2, 0.25) is 0 Å². The average molecular weight is 555 g/mol. The minimum Gasteiger partial charge on any atom is -0.490 e. The number of ether oxygens (including phenoxy) is 2. The van der Waals surface area contributed by atoms with E-state index in [-0.39, 0.29) is 24.7 Å². The van der Waals surface area contributed by atoms with Crippen molar-refractivity contribution in [1.82, 2.24) is 10.6 Å². The largest absolute Gasteiger partial charge is 0.490 e. The van der Waals surface area contributed by atoms with Gasteiger partial charge in [-0.25, -0.2) is 0 Å². The number of carbonyl (C=O) groups is 4. The molecule has 2 aromatic rings. The van der Waals surface area contributed by atoms with E-state index in [1.54, 1.807) is 48.5 Å². The lowest BCUT2D eigenvalue weighted by Crippen LogP contribution is -2.24. The Hall–Kier alpha value is -4.34. The first-order valence-corrected chi connectivity index (χ1v) is 13.5. The van der Waals surface area contributed by atoms with Crippen LogP contribution in [0.4, 0.5) is 0 Å². The summed E-state index contributed by atoms with van der Waals surface area (Å²) in [6.45, 7) is 1.67. The highest BCUT2D eigenvalue weighted by Crippen LogP contribution is 2.14. The zero-order valence-corrected chi connectivity index (χ0v) is 22.6. The first-order chi connectivity index (χ1) is 19.3. The summed E-state index contributed by atoms with van der Waals surface area (Å²) < 4.78 is 11.3. The van der Waals surface area contributed by atoms with Crippen molar-refractivity contribution in [3.8, 4) is 11.5 Å². The number of carboxylic acid groups (broad SMARTS) is 2. The van der Waals surface area contributed by atoms with Gasteiger partial charge >= 0.3 is 11.9 Å². The van der Waals surface area contributed by atoms with Crippen molar-refractivity contribution in [3.05, 3.63) is 71.8 Å². The molecular formula is C30H38N2O8. The molecule has 4 N–H and O–H groups in total. The first kappa shape index (κ1) is 31.9. The molecule has 0 aliphatic carbocycles. The number of carbonyl (C=O) groups excluding carboxylic acids is 2. The van der Waals surface area contributed by atoms with E-state index < -0.39 is 11.9 Å². The lowest BCUT2D eigenvalue weighted by molar-refractivity contribution is -0.138. The van der Waals surface area contributed by atoms with Gasteiger partial charge in [-0.2, -0.15) is 0 Å². The van der Waals surface area contributed by atoms with Crippen molar-refractivity contribution in [2.24, 2.45) is 0 Å². The van der Waals surface area contributed by atoms with Gasteiger partial charge in [-0.15, -0.1) is 0 Å². The zero-order valence-electron chi connectivity index (χ0n) is 22.6. The second-order valence-electron chi connectivity index (χ2n) is 9.06. The number of hydrogen-bond donors (Lipinski definition) is 4. The number of carboxylic acids is 2. The number of nitrogens with one attached hydrogen (secondary N) is 2. The van der Waals surface area contributed by atoms with Crippen LogP contribution in [0.3, 0.4) is 0 Å². The van der Waals surface area contributed by atoms with Crippen LogP contribution in [0, 0.1) is 0 Å². The van der Waals surface area contributed by atoms with Crippen LogP contribution in [0.15, 0.2) is 60.7 Å². The number of aliphatic carboxylic acids is 2. The summed E-state index contributed by atoms with van der Waals surface area (Å²) >= 11 is 0. The summed E-state index contributed by atoms with van der Waals surface area (Å²) in [5.74, 6) is -0.709. The lowest BCUT2D eigenvalue weighted by Gasteiger charge is -2.07. The second kappa shape index (κ2) is 18.8. The van der Waals surface area contributed by atoms with Crippen LogP contribution in [0.2, 0.25) is 0 Å². The van der Waals surface area contributed by atoms with Gasteiger partial charge in [0, 0.05) is 37.1 Å². The Morgan fingerprint density at radius 1 is 0.575 bits per heavy atom. The number of unbranched alkanes of at least 4 members (excludes halogenated alkanes) is 4. The van der Waals surface area contributed by atoms with Gasteiger partial charge in [0.1, 0.15) is 24.7 Å². The van der Waals surface area contributed by atoms with Crippen molar-refractivity contribution in [1.29, 1.82) is 0 Å². The van der Waals surface area contributed by atoms with Crippen LogP contribution in [0.1, 0.15) is 72.1 Å². The van der Waals surface area contributed by atoms with Gasteiger partial charge in [0.15, 0.2) is 0 Å². The molecule has 2 rings (SSSR count). The van der Waals surface area contributed by atoms with Gasteiger partial charge in [0.05, 0.1) is 0 Å². The quantitative estimate of drug-likeness (QED) is 0.138. The third-order valence-electron chi connectivity index (χ3n) is 5.80. The molecule has 0 heterocycles. The van der Waals surface area contributed by atoms with Crippen LogP contribution >= 0.6 is 0 Å². The highest BCUT2D eigenvalue weighted by Gasteiger charge is 2.06. The smallest absolute Gasteiger partial charge is 0.303 e. The summed E-state index contributed by atoms with van der Waals surface area (Å²) in [5.41, 5.74) is 1.05. The Morgan fingerprint density at radius 3 is 1.30 bits per heavy atom. The number of benzene rings is 2. The molecule has 0 fully saturated rings. The highest BCUT2D eigenvalue weighted by atomic mass is 16.5. The van der Waals surface area contributed by atoms with Crippen LogP contribution in [0.25, 0.3) is 0 Å². The predicted molar refractivity (Wildman–Crippen MR) is 150 cm³/mol. The van der Waals surface area contributed by atoms with Gasteiger partial charge in [-0.05, 0) is 86.4 Å². The molecule has 10 heteroatoms. The molecule has 0 saturated carbocycles. The van der Waals surface area contributed by atoms with E-state index in [2.05, 4.69) is 10.6 Å². The average Bonchev–Trinajstić information content (AvgIpc) is 2.94. The maximum absolute atomic E-state index is 12.2. The topological polar surface area (TPSA) is 151 Å². The fourth-order valence-electron chi connectivity index (χ4n) is 3.59. The SMILES string of the molecule is O=C(O)CCCCCNC(=O)c1ccc(OC/C=C\COc2ccc(C(=O)NCCCCCC(=O)O)cc2)cc1. The number of hydrogen-bond acceptors (Lipinski definition) is 6. The van der Waals surface area contributed by atoms with Gasteiger partial charge in [-0.1, -0.05) is 12.8 Å². The molecule has 0 radical (unpaired) electrons. The molecule has 10 nitrogen and oxygen atoms in total. The molecular weight excluding hydrogens is 516 g/mol. The second-order valence-corrected chi connectivity index (χ2v) is 9.06. The molecule has 0 bridgehead atoms. The number of amides is 2. The van der Waals surface area contributed by atoms with Crippen molar-refractivity contribution in [2.75, 3.05) is 26.3 Å². The highest BCUT2D eigenvalue weighted by molar-refractivity contribution is 5.94. The van der Waals surface area contributed by atoms with Crippen LogP contribution in [-0.4, -0.2) is 60.3 Å². The van der Waals surface area contributed by atoms with Gasteiger partial charge in [0.25, 0.3) is 11.8 Å². The zero-order chi connectivity index (χ0) is 29.0. The standard InChI is InChI=1S/C30H38N2O8/c33-27(34)9-3-1-5-19-31-29(37)23-11-15-25(16-12-23)39-21-7-8-22-40-26-17-13-24(14-18-26)30(38)32-20-6-2-4-10-28(35)36/h7-8,11-18H,1-6,9-10,19-22H2,(H,31,37)(H,32,38)(H,33,34)(H,35,36)/b8-7-. The van der Waals surface area contributed by atoms with E-state index in [1.165, 1.54) is 0 Å². The van der Waals surface area contributed by atoms with E-state index in [4.69, 9.17) is 19.7 Å². The monoisotopic (exact) mass is 554 g/mol. The fraction of sp³-hybridized carbons (Fsp3) is 0.400. The van der Waals surface area contributed by atoms with E-state index in [0.717, 1.165) is 25.7 Å². The van der Waals surface area contributed by atoms with E-state index in [9.17, 15) is 19.2 Å². The van der Waals surface area contributed by atoms with Crippen LogP contribution < -0.4 is 20.1 Å². The summed E-state index contributed by atoms with van der Waals surface area (Å²) in [4.78, 5) is 45.3. The Kier molecular flexibility index (Phi) is 15.0. The molecule has 0 unspecified atom stereocenters. The molecule has 216 valence electrons. The molecule has 0 aliphatic rings. The lowest BCUT2D eigenvalue weighted by atomic mass is 10.2. The summed E-state index contributed by atoms with van der Waals surface area (Å²) in [5, 5.41) is 22.9. The van der Waals surface area contributed by atoms with Crippen molar-refractivity contribution < 1.29 is 38.9 Å². The molecule has 40 heavy (non-hydrogen) atoms. The molecule has 0 aromatic heterocycles. The molecule has 2 aromatic carbocycles. The molecule has 2 amide bonds. The predicted octanol–water partition coefficient (Wildman–Crippen LogP) is 4.45. The van der Waals surface area contributed by atoms with Gasteiger partial charge < -0.3 is 30.3 Å². The number of rotatable bonds is 20. The Balaban J connectivity index is 1.58. The fourth-order valence-corrected chi connectivity index (χ4v) is 3.59. The minimum absolute atomic E-state index is 0.148. The maximum Gasteiger partial charge on any atom is 0.303 e. The molecule has 0 saturated heterocycles. The van der Waals surface area contributed by atoms with Gasteiger partial charge in [-0.3, -0.25) is 19.2 Å². The minimum atomic E-state index is -0.804. The summed E-state index contributed by atoms with van der Waals surface area (Å²) in [6.07, 6.45) is 8.13. The van der Waals surface area contributed by atoms with E-state index in [1.807, 2.05) is 12.2 Å². The summed E-state index contributed by atoms with van der Waals surface area (Å²) in [6, 6.07) is 13.7. The third-order valence-corrected chi connectivity index (χ3v) is 5.80. The van der Waals surface area contributed by atoms with Crippen LogP contribution in [-0.2, 0) is 9.59 Å². The van der Waals surface area contributed by atoms with Crippen molar-refractivity contribution in [2.45, 2.75) is 51.4 Å². The molecule has 0 aliphatic heterocycles. The van der Waals surface area contributed by atoms with E-state index in [0.29, 0.717) is 61.8 Å². The normalized spacial score (nSPS) is 10.7. The molecule has 0 spiro atoms.